The number of fused-ring (bicyclic) bond motifs is 1. The van der Waals surface area contributed by atoms with E-state index >= 15 is 0 Å². The predicted octanol–water partition coefficient (Wildman–Crippen LogP) is 4.24. The van der Waals surface area contributed by atoms with Crippen molar-refractivity contribution in [2.45, 2.75) is 59.4 Å². The third-order valence-corrected chi connectivity index (χ3v) is 5.28. The lowest BCUT2D eigenvalue weighted by Gasteiger charge is -2.39. The van der Waals surface area contributed by atoms with E-state index in [4.69, 9.17) is 0 Å². The molecule has 2 rings (SSSR count). The molecule has 1 atom stereocenters. The second-order valence-corrected chi connectivity index (χ2v) is 6.69. The molecule has 2 heteroatoms. The molecule has 0 radical (unpaired) electrons. The minimum absolute atomic E-state index is 0.390. The number of para-hydroxylation sites is 1. The summed E-state index contributed by atoms with van der Waals surface area (Å²) in [5.74, 6) is 0. The maximum atomic E-state index is 3.66. The Kier molecular flexibility index (Phi) is 5.69. The van der Waals surface area contributed by atoms with Crippen molar-refractivity contribution in [3.8, 4) is 0 Å². The van der Waals surface area contributed by atoms with Gasteiger partial charge in [0.15, 0.2) is 0 Å². The Hall–Kier alpha value is -1.02. The highest BCUT2D eigenvalue weighted by Gasteiger charge is 2.34. The Labute approximate surface area is 130 Å². The number of benzene rings is 1. The van der Waals surface area contributed by atoms with Crippen molar-refractivity contribution in [2.24, 2.45) is 5.41 Å². The Morgan fingerprint density at radius 2 is 1.90 bits per heavy atom. The van der Waals surface area contributed by atoms with E-state index in [1.165, 1.54) is 43.5 Å². The predicted molar refractivity (Wildman–Crippen MR) is 93.1 cm³/mol. The molecule has 0 saturated heterocycles. The van der Waals surface area contributed by atoms with Crippen LogP contribution >= 0.6 is 0 Å². The highest BCUT2D eigenvalue weighted by Crippen LogP contribution is 2.36. The highest BCUT2D eigenvalue weighted by atomic mass is 15.2. The Balaban J connectivity index is 2.13. The maximum absolute atomic E-state index is 3.66. The van der Waals surface area contributed by atoms with E-state index in [1.807, 2.05) is 0 Å². The van der Waals surface area contributed by atoms with Gasteiger partial charge in [-0.1, -0.05) is 39.0 Å². The van der Waals surface area contributed by atoms with Gasteiger partial charge < -0.3 is 10.2 Å². The topological polar surface area (TPSA) is 15.3 Å². The van der Waals surface area contributed by atoms with Crippen molar-refractivity contribution in [1.29, 1.82) is 0 Å². The number of nitrogens with zero attached hydrogens (tertiary/aromatic N) is 1. The standard InChI is InChI=1S/C19H32N2/c1-5-12-20-14-19(6-2,7-3)15-21-16(4)13-17-10-8-9-11-18(17)21/h8-11,16,20H,5-7,12-15H2,1-4H3. The Bertz CT molecular complexity index is 437. The van der Waals surface area contributed by atoms with Crippen LogP contribution in [0, 0.1) is 5.41 Å². The molecule has 0 bridgehead atoms. The summed E-state index contributed by atoms with van der Waals surface area (Å²) in [6, 6.07) is 9.57. The third kappa shape index (κ3) is 3.60. The summed E-state index contributed by atoms with van der Waals surface area (Å²) < 4.78 is 0. The van der Waals surface area contributed by atoms with Gasteiger partial charge in [-0.3, -0.25) is 0 Å². The van der Waals surface area contributed by atoms with Crippen LogP contribution in [0.25, 0.3) is 0 Å². The molecule has 1 unspecified atom stereocenters. The zero-order valence-corrected chi connectivity index (χ0v) is 14.3. The molecule has 2 nitrogen and oxygen atoms in total. The van der Waals surface area contributed by atoms with Gasteiger partial charge in [-0.25, -0.2) is 0 Å². The third-order valence-electron chi connectivity index (χ3n) is 5.28. The first-order chi connectivity index (χ1) is 10.2. The van der Waals surface area contributed by atoms with Gasteiger partial charge in [-0.05, 0) is 56.2 Å². The summed E-state index contributed by atoms with van der Waals surface area (Å²) in [5, 5.41) is 3.66. The van der Waals surface area contributed by atoms with Crippen LogP contribution in [0.3, 0.4) is 0 Å². The molecule has 1 N–H and O–H groups in total. The first-order valence-corrected chi connectivity index (χ1v) is 8.71. The fourth-order valence-electron chi connectivity index (χ4n) is 3.54. The first-order valence-electron chi connectivity index (χ1n) is 8.71. The van der Waals surface area contributed by atoms with Crippen LogP contribution < -0.4 is 10.2 Å². The summed E-state index contributed by atoms with van der Waals surface area (Å²) >= 11 is 0. The van der Waals surface area contributed by atoms with Crippen LogP contribution in [0.2, 0.25) is 0 Å². The van der Waals surface area contributed by atoms with Crippen molar-refractivity contribution < 1.29 is 0 Å². The van der Waals surface area contributed by atoms with Gasteiger partial charge in [-0.15, -0.1) is 0 Å². The number of anilines is 1. The van der Waals surface area contributed by atoms with Gasteiger partial charge in [0.25, 0.3) is 0 Å². The van der Waals surface area contributed by atoms with E-state index in [-0.39, 0.29) is 0 Å². The smallest absolute Gasteiger partial charge is 0.0402 e. The van der Waals surface area contributed by atoms with Crippen LogP contribution in [-0.2, 0) is 6.42 Å². The number of hydrogen-bond donors (Lipinski definition) is 1. The SMILES string of the molecule is CCCNCC(CC)(CC)CN1c2ccccc2CC1C. The van der Waals surface area contributed by atoms with Crippen molar-refractivity contribution in [2.75, 3.05) is 24.5 Å². The summed E-state index contributed by atoms with van der Waals surface area (Å²) in [5.41, 5.74) is 3.38. The normalized spacial score (nSPS) is 18.1. The largest absolute Gasteiger partial charge is 0.368 e. The zero-order valence-electron chi connectivity index (χ0n) is 14.3. The minimum atomic E-state index is 0.390. The van der Waals surface area contributed by atoms with Gasteiger partial charge >= 0.3 is 0 Å². The molecule has 0 spiro atoms. The van der Waals surface area contributed by atoms with Crippen LogP contribution in [0.15, 0.2) is 24.3 Å². The quantitative estimate of drug-likeness (QED) is 0.720. The molecular formula is C19H32N2. The number of rotatable bonds is 8. The first kappa shape index (κ1) is 16.4. The van der Waals surface area contributed by atoms with Gasteiger partial charge in [0, 0.05) is 24.8 Å². The van der Waals surface area contributed by atoms with E-state index in [2.05, 4.69) is 62.2 Å². The molecule has 1 heterocycles. The Morgan fingerprint density at radius 1 is 1.19 bits per heavy atom. The fraction of sp³-hybridized carbons (Fsp3) is 0.684. The molecule has 0 aromatic heterocycles. The van der Waals surface area contributed by atoms with E-state index < -0.39 is 0 Å². The number of hydrogen-bond acceptors (Lipinski definition) is 2. The fourth-order valence-corrected chi connectivity index (χ4v) is 3.54. The molecule has 118 valence electrons. The van der Waals surface area contributed by atoms with Crippen molar-refractivity contribution in [3.63, 3.8) is 0 Å². The lowest BCUT2D eigenvalue weighted by atomic mass is 9.81. The van der Waals surface area contributed by atoms with Gasteiger partial charge in [-0.2, -0.15) is 0 Å². The molecule has 1 aromatic carbocycles. The van der Waals surface area contributed by atoms with E-state index in [0.717, 1.165) is 13.1 Å². The van der Waals surface area contributed by atoms with Crippen LogP contribution in [-0.4, -0.2) is 25.7 Å². The van der Waals surface area contributed by atoms with Crippen LogP contribution in [0.5, 0.6) is 0 Å². The average molecular weight is 288 g/mol. The molecule has 1 aliphatic heterocycles. The van der Waals surface area contributed by atoms with Crippen molar-refractivity contribution >= 4 is 5.69 Å². The summed E-state index contributed by atoms with van der Waals surface area (Å²) in [7, 11) is 0. The van der Waals surface area contributed by atoms with E-state index in [9.17, 15) is 0 Å². The highest BCUT2D eigenvalue weighted by molar-refractivity contribution is 5.59. The summed E-state index contributed by atoms with van der Waals surface area (Å²) in [6.45, 7) is 12.8. The maximum Gasteiger partial charge on any atom is 0.0402 e. The Morgan fingerprint density at radius 3 is 2.57 bits per heavy atom. The molecule has 1 aromatic rings. The van der Waals surface area contributed by atoms with Crippen LogP contribution in [0.1, 0.15) is 52.5 Å². The molecule has 0 amide bonds. The van der Waals surface area contributed by atoms with Gasteiger partial charge in [0.2, 0.25) is 0 Å². The van der Waals surface area contributed by atoms with E-state index in [0.29, 0.717) is 11.5 Å². The summed E-state index contributed by atoms with van der Waals surface area (Å²) in [6.07, 6.45) is 4.89. The molecule has 0 aliphatic carbocycles. The average Bonchev–Trinajstić information content (AvgIpc) is 2.82. The second-order valence-electron chi connectivity index (χ2n) is 6.69. The van der Waals surface area contributed by atoms with Crippen LogP contribution in [0.4, 0.5) is 5.69 Å². The lowest BCUT2D eigenvalue weighted by Crippen LogP contribution is -2.45. The van der Waals surface area contributed by atoms with Gasteiger partial charge in [0.05, 0.1) is 0 Å². The second kappa shape index (κ2) is 7.31. The van der Waals surface area contributed by atoms with Crippen molar-refractivity contribution in [3.05, 3.63) is 29.8 Å². The molecule has 1 aliphatic rings. The van der Waals surface area contributed by atoms with Gasteiger partial charge in [0.1, 0.15) is 0 Å². The minimum Gasteiger partial charge on any atom is -0.368 e. The van der Waals surface area contributed by atoms with Crippen molar-refractivity contribution in [1.82, 2.24) is 5.32 Å². The monoisotopic (exact) mass is 288 g/mol. The zero-order chi connectivity index (χ0) is 15.3. The van der Waals surface area contributed by atoms with E-state index in [1.54, 1.807) is 0 Å². The molecule has 0 fully saturated rings. The lowest BCUT2D eigenvalue weighted by molar-refractivity contribution is 0.249. The number of nitrogens with one attached hydrogen (secondary N) is 1. The molecule has 21 heavy (non-hydrogen) atoms. The molecule has 0 saturated carbocycles. The molecular weight excluding hydrogens is 256 g/mol. The summed E-state index contributed by atoms with van der Waals surface area (Å²) in [4.78, 5) is 2.65.